The van der Waals surface area contributed by atoms with Gasteiger partial charge < -0.3 is 5.32 Å². The van der Waals surface area contributed by atoms with Crippen LogP contribution in [0.5, 0.6) is 0 Å². The van der Waals surface area contributed by atoms with E-state index in [1.807, 2.05) is 6.42 Å². The van der Waals surface area contributed by atoms with Crippen LogP contribution in [0.2, 0.25) is 0 Å². The van der Waals surface area contributed by atoms with Crippen molar-refractivity contribution in [3.63, 3.8) is 0 Å². The summed E-state index contributed by atoms with van der Waals surface area (Å²) in [4.78, 5) is 0. The van der Waals surface area contributed by atoms with Crippen LogP contribution in [-0.4, -0.2) is 12.6 Å². The normalized spacial score (nSPS) is 27.7. The Balaban J connectivity index is 2.18. The van der Waals surface area contributed by atoms with E-state index in [4.69, 9.17) is 0 Å². The van der Waals surface area contributed by atoms with Gasteiger partial charge in [-0.25, -0.2) is 0 Å². The van der Waals surface area contributed by atoms with E-state index >= 15 is 0 Å². The predicted molar refractivity (Wildman–Crippen MR) is 67.5 cm³/mol. The number of rotatable bonds is 4. The maximum atomic E-state index is 3.75. The van der Waals surface area contributed by atoms with Gasteiger partial charge in [0.1, 0.15) is 0 Å². The van der Waals surface area contributed by atoms with Gasteiger partial charge in [0.25, 0.3) is 0 Å². The topological polar surface area (TPSA) is 12.0 Å². The summed E-state index contributed by atoms with van der Waals surface area (Å²) in [6.07, 6.45) is 8.61. The zero-order valence-electron chi connectivity index (χ0n) is 10.7. The van der Waals surface area contributed by atoms with Crippen LogP contribution >= 0.6 is 0 Å². The van der Waals surface area contributed by atoms with Crippen molar-refractivity contribution in [3.05, 3.63) is 13.3 Å². The molecule has 0 heterocycles. The number of hydrogen-bond donors (Lipinski definition) is 1. The standard InChI is InChI=1S/C14H27N/c1-5-6-11-15-13-9-7-12(8-10-13)14(2,3)4/h5,12-13,15H,1,6-11H2,2-4H3. The lowest BCUT2D eigenvalue weighted by atomic mass is 9.71. The fourth-order valence-electron chi connectivity index (χ4n) is 2.55. The van der Waals surface area contributed by atoms with Gasteiger partial charge in [0, 0.05) is 12.6 Å². The Morgan fingerprint density at radius 1 is 1.20 bits per heavy atom. The van der Waals surface area contributed by atoms with Crippen LogP contribution in [0.3, 0.4) is 0 Å². The third-order valence-corrected chi connectivity index (χ3v) is 3.73. The third kappa shape index (κ3) is 4.46. The van der Waals surface area contributed by atoms with E-state index < -0.39 is 0 Å². The number of hydrogen-bond acceptors (Lipinski definition) is 1. The van der Waals surface area contributed by atoms with E-state index in [0.717, 1.165) is 24.9 Å². The van der Waals surface area contributed by atoms with Gasteiger partial charge in [-0.3, -0.25) is 0 Å². The van der Waals surface area contributed by atoms with E-state index in [0.29, 0.717) is 5.41 Å². The maximum Gasteiger partial charge on any atom is 0.0694 e. The van der Waals surface area contributed by atoms with Gasteiger partial charge in [-0.05, 0) is 37.0 Å². The minimum absolute atomic E-state index is 0.506. The molecule has 1 heteroatoms. The van der Waals surface area contributed by atoms with Crippen molar-refractivity contribution in [2.45, 2.75) is 58.9 Å². The highest BCUT2D eigenvalue weighted by molar-refractivity contribution is 4.83. The largest absolute Gasteiger partial charge is 0.310 e. The molecule has 0 spiro atoms. The molecule has 0 aliphatic heterocycles. The molecule has 0 amide bonds. The quantitative estimate of drug-likeness (QED) is 0.551. The van der Waals surface area contributed by atoms with Crippen LogP contribution < -0.4 is 5.32 Å². The molecule has 1 saturated carbocycles. The van der Waals surface area contributed by atoms with E-state index in [9.17, 15) is 0 Å². The van der Waals surface area contributed by atoms with Crippen molar-refractivity contribution < 1.29 is 0 Å². The first-order valence-electron chi connectivity index (χ1n) is 6.38. The molecule has 88 valence electrons. The Bertz CT molecular complexity index is 161. The molecule has 0 aromatic heterocycles. The van der Waals surface area contributed by atoms with Crippen LogP contribution in [0, 0.1) is 24.7 Å². The van der Waals surface area contributed by atoms with Gasteiger partial charge in [0.15, 0.2) is 0 Å². The molecule has 1 aliphatic rings. The maximum absolute atomic E-state index is 3.75. The van der Waals surface area contributed by atoms with Crippen molar-refractivity contribution in [2.24, 2.45) is 11.3 Å². The molecular formula is C14H27N. The van der Waals surface area contributed by atoms with Gasteiger partial charge in [-0.2, -0.15) is 0 Å². The molecule has 0 aromatic rings. The first-order chi connectivity index (χ1) is 7.04. The monoisotopic (exact) mass is 209 g/mol. The van der Waals surface area contributed by atoms with Crippen molar-refractivity contribution in [2.75, 3.05) is 6.54 Å². The van der Waals surface area contributed by atoms with Gasteiger partial charge >= 0.3 is 0 Å². The van der Waals surface area contributed by atoms with E-state index in [1.54, 1.807) is 0 Å². The highest BCUT2D eigenvalue weighted by atomic mass is 14.9. The Kier molecular flexibility index (Phi) is 4.98. The van der Waals surface area contributed by atoms with Gasteiger partial charge in [-0.15, -0.1) is 6.92 Å². The molecule has 0 radical (unpaired) electrons. The lowest BCUT2D eigenvalue weighted by molar-refractivity contribution is 0.160. The van der Waals surface area contributed by atoms with E-state index in [-0.39, 0.29) is 0 Å². The van der Waals surface area contributed by atoms with Crippen LogP contribution in [0.25, 0.3) is 0 Å². The molecule has 1 fully saturated rings. The van der Waals surface area contributed by atoms with Crippen molar-refractivity contribution in [3.8, 4) is 0 Å². The van der Waals surface area contributed by atoms with Gasteiger partial charge in [-0.1, -0.05) is 27.2 Å². The minimum Gasteiger partial charge on any atom is -0.310 e. The second-order valence-electron chi connectivity index (χ2n) is 5.95. The van der Waals surface area contributed by atoms with Crippen molar-refractivity contribution in [1.82, 2.24) is 5.32 Å². The Morgan fingerprint density at radius 2 is 1.80 bits per heavy atom. The average Bonchev–Trinajstić information content (AvgIpc) is 2.18. The lowest BCUT2D eigenvalue weighted by Crippen LogP contribution is -2.36. The SMILES string of the molecule is [CH2-][CH+]CCNC1CCC(C(C)(C)C)CC1. The number of nitrogens with one attached hydrogen (secondary N) is 1. The smallest absolute Gasteiger partial charge is 0.0694 e. The van der Waals surface area contributed by atoms with Crippen LogP contribution in [0.1, 0.15) is 52.9 Å². The minimum atomic E-state index is 0.506. The molecule has 1 rings (SSSR count). The summed E-state index contributed by atoms with van der Waals surface area (Å²) in [5.74, 6) is 0.926. The summed E-state index contributed by atoms with van der Waals surface area (Å²) in [5.41, 5.74) is 0.506. The molecular weight excluding hydrogens is 182 g/mol. The summed E-state index contributed by atoms with van der Waals surface area (Å²) < 4.78 is 0. The molecule has 1 N–H and O–H groups in total. The molecule has 15 heavy (non-hydrogen) atoms. The van der Waals surface area contributed by atoms with Crippen LogP contribution in [0.15, 0.2) is 0 Å². The van der Waals surface area contributed by atoms with Gasteiger partial charge in [0.05, 0.1) is 6.42 Å². The van der Waals surface area contributed by atoms with E-state index in [2.05, 4.69) is 33.0 Å². The molecule has 1 aliphatic carbocycles. The second-order valence-corrected chi connectivity index (χ2v) is 5.95. The van der Waals surface area contributed by atoms with Crippen LogP contribution in [-0.2, 0) is 0 Å². The summed E-state index contributed by atoms with van der Waals surface area (Å²) in [5, 5.41) is 3.62. The van der Waals surface area contributed by atoms with Crippen molar-refractivity contribution in [1.29, 1.82) is 0 Å². The second kappa shape index (κ2) is 5.79. The average molecular weight is 209 g/mol. The fourth-order valence-corrected chi connectivity index (χ4v) is 2.55. The lowest BCUT2D eigenvalue weighted by Gasteiger charge is -2.37. The first-order valence-corrected chi connectivity index (χ1v) is 6.38. The Morgan fingerprint density at radius 3 is 2.27 bits per heavy atom. The summed E-state index contributed by atoms with van der Waals surface area (Å²) in [6, 6.07) is 0.767. The predicted octanol–water partition coefficient (Wildman–Crippen LogP) is 3.61. The zero-order valence-corrected chi connectivity index (χ0v) is 10.7. The van der Waals surface area contributed by atoms with E-state index in [1.165, 1.54) is 25.7 Å². The molecule has 1 nitrogen and oxygen atoms in total. The van der Waals surface area contributed by atoms with Crippen molar-refractivity contribution >= 4 is 0 Å². The highest BCUT2D eigenvalue weighted by Gasteiger charge is 2.29. The molecule has 0 bridgehead atoms. The third-order valence-electron chi connectivity index (χ3n) is 3.73. The Labute approximate surface area is 96.0 Å². The zero-order chi connectivity index (χ0) is 11.3. The molecule has 0 unspecified atom stereocenters. The number of unbranched alkanes of at least 4 members (excludes halogenated alkanes) is 1. The summed E-state index contributed by atoms with van der Waals surface area (Å²) in [7, 11) is 0. The van der Waals surface area contributed by atoms with Crippen LogP contribution in [0.4, 0.5) is 0 Å². The van der Waals surface area contributed by atoms with Gasteiger partial charge in [0.2, 0.25) is 0 Å². The highest BCUT2D eigenvalue weighted by Crippen LogP contribution is 2.37. The summed E-state index contributed by atoms with van der Waals surface area (Å²) >= 11 is 0. The summed E-state index contributed by atoms with van der Waals surface area (Å²) in [6.45, 7) is 12.0. The fraction of sp³-hybridized carbons (Fsp3) is 0.857. The molecule has 0 aromatic carbocycles. The first kappa shape index (κ1) is 12.9. The Hall–Kier alpha value is -0.170. The molecule has 0 saturated heterocycles. The molecule has 0 atom stereocenters.